The Morgan fingerprint density at radius 2 is 1.82 bits per heavy atom. The molecule has 0 unspecified atom stereocenters. The van der Waals surface area contributed by atoms with Crippen LogP contribution in [0.25, 0.3) is 11.5 Å². The second-order valence-corrected chi connectivity index (χ2v) is 4.94. The normalized spacial score (nSPS) is 12.9. The van der Waals surface area contributed by atoms with E-state index in [2.05, 4.69) is 25.8 Å². The van der Waals surface area contributed by atoms with Gasteiger partial charge >= 0.3 is 0 Å². The van der Waals surface area contributed by atoms with Crippen molar-refractivity contribution in [3.63, 3.8) is 0 Å². The molecule has 0 radical (unpaired) electrons. The summed E-state index contributed by atoms with van der Waals surface area (Å²) in [5.74, 6) is 2.02. The Morgan fingerprint density at radius 1 is 1.12 bits per heavy atom. The van der Waals surface area contributed by atoms with Crippen LogP contribution in [0.15, 0.2) is 41.0 Å². The molecule has 0 amide bonds. The molecular weight excluding hydrogens is 210 g/mol. The molecule has 2 aromatic rings. The van der Waals surface area contributed by atoms with Crippen LogP contribution in [0.3, 0.4) is 0 Å². The number of rotatable bonds is 4. The predicted octanol–water partition coefficient (Wildman–Crippen LogP) is 4.18. The summed E-state index contributed by atoms with van der Waals surface area (Å²) in [6.45, 7) is 6.73. The van der Waals surface area contributed by atoms with Crippen molar-refractivity contribution in [2.75, 3.05) is 0 Å². The minimum atomic E-state index is 0.628. The first-order valence-electron chi connectivity index (χ1n) is 6.16. The van der Waals surface area contributed by atoms with Crippen molar-refractivity contribution in [3.05, 3.63) is 42.3 Å². The van der Waals surface area contributed by atoms with Gasteiger partial charge in [0.1, 0.15) is 6.26 Å². The highest BCUT2D eigenvalue weighted by atomic mass is 16.3. The number of hydrogen-bond donors (Lipinski definition) is 0. The second-order valence-electron chi connectivity index (χ2n) is 4.94. The molecule has 2 rings (SSSR count). The molecule has 1 heterocycles. The summed E-state index contributed by atoms with van der Waals surface area (Å²) in [6, 6.07) is 10.0. The van der Waals surface area contributed by atoms with Gasteiger partial charge in [-0.2, -0.15) is 0 Å². The molecule has 2 nitrogen and oxygen atoms in total. The molecule has 1 aromatic heterocycles. The zero-order valence-corrected chi connectivity index (χ0v) is 10.7. The number of oxazole rings is 1. The fourth-order valence-corrected chi connectivity index (χ4v) is 1.68. The summed E-state index contributed by atoms with van der Waals surface area (Å²) < 4.78 is 5.52. The van der Waals surface area contributed by atoms with E-state index in [0.29, 0.717) is 11.8 Å². The summed E-state index contributed by atoms with van der Waals surface area (Å²) in [5.41, 5.74) is 2.08. The highest BCUT2D eigenvalue weighted by Crippen LogP contribution is 2.21. The van der Waals surface area contributed by atoms with E-state index >= 15 is 0 Å². The third-order valence-electron chi connectivity index (χ3n) is 3.24. The van der Waals surface area contributed by atoms with Gasteiger partial charge in [-0.25, -0.2) is 4.98 Å². The summed E-state index contributed by atoms with van der Waals surface area (Å²) in [5, 5.41) is 0. The fraction of sp³-hybridized carbons (Fsp3) is 0.400. The second kappa shape index (κ2) is 5.17. The molecule has 1 atom stereocenters. The lowest BCUT2D eigenvalue weighted by atomic mass is 9.94. The van der Waals surface area contributed by atoms with Crippen LogP contribution < -0.4 is 0 Å². The highest BCUT2D eigenvalue weighted by Gasteiger charge is 2.12. The molecule has 1 aromatic carbocycles. The van der Waals surface area contributed by atoms with Crippen molar-refractivity contribution in [1.29, 1.82) is 0 Å². The Bertz CT molecular complexity index is 459. The molecule has 17 heavy (non-hydrogen) atoms. The largest absolute Gasteiger partial charge is 0.444 e. The number of nitrogens with zero attached hydrogens (tertiary/aromatic N) is 1. The fourth-order valence-electron chi connectivity index (χ4n) is 1.68. The summed E-state index contributed by atoms with van der Waals surface area (Å²) in [4.78, 5) is 4.54. The van der Waals surface area contributed by atoms with Gasteiger partial charge in [0.25, 0.3) is 0 Å². The maximum atomic E-state index is 5.52. The van der Waals surface area contributed by atoms with Crippen molar-refractivity contribution < 1.29 is 4.42 Å². The Morgan fingerprint density at radius 3 is 2.47 bits per heavy atom. The van der Waals surface area contributed by atoms with E-state index in [1.165, 1.54) is 0 Å². The molecule has 0 saturated carbocycles. The van der Waals surface area contributed by atoms with E-state index in [-0.39, 0.29) is 0 Å². The molecule has 0 aliphatic heterocycles. The van der Waals surface area contributed by atoms with E-state index in [0.717, 1.165) is 23.6 Å². The van der Waals surface area contributed by atoms with Crippen LogP contribution in [-0.2, 0) is 6.42 Å². The van der Waals surface area contributed by atoms with E-state index in [1.807, 2.05) is 30.3 Å². The van der Waals surface area contributed by atoms with Crippen LogP contribution in [0.2, 0.25) is 0 Å². The lowest BCUT2D eigenvalue weighted by molar-refractivity contribution is 0.413. The lowest BCUT2D eigenvalue weighted by Gasteiger charge is -2.12. The molecule has 0 spiro atoms. The smallest absolute Gasteiger partial charge is 0.226 e. The molecular formula is C15H19NO. The maximum Gasteiger partial charge on any atom is 0.226 e. The third-order valence-corrected chi connectivity index (χ3v) is 3.24. The highest BCUT2D eigenvalue weighted by molar-refractivity contribution is 5.52. The maximum absolute atomic E-state index is 5.52. The Labute approximate surface area is 103 Å². The van der Waals surface area contributed by atoms with Crippen LogP contribution in [0.1, 0.15) is 26.5 Å². The van der Waals surface area contributed by atoms with Gasteiger partial charge in [0.05, 0.1) is 5.69 Å². The predicted molar refractivity (Wildman–Crippen MR) is 69.6 cm³/mol. The average molecular weight is 229 g/mol. The number of aromatic nitrogens is 1. The Balaban J connectivity index is 2.12. The van der Waals surface area contributed by atoms with Crippen molar-refractivity contribution in [1.82, 2.24) is 4.98 Å². The standard InChI is InChI=1S/C15H19NO/c1-11(2)12(3)9-14-10-17-15(16-14)13-7-5-4-6-8-13/h4-8,10-12H,9H2,1-3H3/t12-/m1/s1. The van der Waals surface area contributed by atoms with Crippen LogP contribution in [0.4, 0.5) is 0 Å². The van der Waals surface area contributed by atoms with Crippen LogP contribution in [-0.4, -0.2) is 4.98 Å². The number of hydrogen-bond acceptors (Lipinski definition) is 2. The summed E-state index contributed by atoms with van der Waals surface area (Å²) in [6.07, 6.45) is 2.76. The van der Waals surface area contributed by atoms with Gasteiger partial charge in [-0.05, 0) is 30.4 Å². The monoisotopic (exact) mass is 229 g/mol. The topological polar surface area (TPSA) is 26.0 Å². The first kappa shape index (κ1) is 11.9. The van der Waals surface area contributed by atoms with Gasteiger partial charge in [0.2, 0.25) is 5.89 Å². The van der Waals surface area contributed by atoms with E-state index in [9.17, 15) is 0 Å². The van der Waals surface area contributed by atoms with Gasteiger partial charge in [-0.3, -0.25) is 0 Å². The number of benzene rings is 1. The van der Waals surface area contributed by atoms with E-state index < -0.39 is 0 Å². The van der Waals surface area contributed by atoms with Crippen molar-refractivity contribution in [2.24, 2.45) is 11.8 Å². The van der Waals surface area contributed by atoms with Gasteiger partial charge in [-0.15, -0.1) is 0 Å². The van der Waals surface area contributed by atoms with Crippen molar-refractivity contribution >= 4 is 0 Å². The molecule has 0 N–H and O–H groups in total. The van der Waals surface area contributed by atoms with Crippen LogP contribution >= 0.6 is 0 Å². The molecule has 0 aliphatic carbocycles. The molecule has 0 saturated heterocycles. The molecule has 90 valence electrons. The van der Waals surface area contributed by atoms with Gasteiger partial charge in [-0.1, -0.05) is 39.0 Å². The molecule has 2 heteroatoms. The molecule has 0 bridgehead atoms. The Hall–Kier alpha value is -1.57. The van der Waals surface area contributed by atoms with E-state index in [1.54, 1.807) is 6.26 Å². The molecule has 0 fully saturated rings. The third kappa shape index (κ3) is 2.96. The summed E-state index contributed by atoms with van der Waals surface area (Å²) >= 11 is 0. The van der Waals surface area contributed by atoms with Crippen molar-refractivity contribution in [3.8, 4) is 11.5 Å². The average Bonchev–Trinajstić information content (AvgIpc) is 2.78. The first-order valence-corrected chi connectivity index (χ1v) is 6.16. The zero-order valence-electron chi connectivity index (χ0n) is 10.7. The van der Waals surface area contributed by atoms with Gasteiger partial charge in [0, 0.05) is 5.56 Å². The quantitative estimate of drug-likeness (QED) is 0.786. The summed E-state index contributed by atoms with van der Waals surface area (Å²) in [7, 11) is 0. The SMILES string of the molecule is CC(C)[C@H](C)Cc1coc(-c2ccccc2)n1. The Kier molecular flexibility index (Phi) is 3.62. The lowest BCUT2D eigenvalue weighted by Crippen LogP contribution is -2.07. The van der Waals surface area contributed by atoms with Crippen LogP contribution in [0, 0.1) is 11.8 Å². The molecule has 0 aliphatic rings. The van der Waals surface area contributed by atoms with E-state index in [4.69, 9.17) is 4.42 Å². The minimum absolute atomic E-state index is 0.628. The zero-order chi connectivity index (χ0) is 12.3. The van der Waals surface area contributed by atoms with Gasteiger partial charge < -0.3 is 4.42 Å². The van der Waals surface area contributed by atoms with Crippen LogP contribution in [0.5, 0.6) is 0 Å². The first-order chi connectivity index (χ1) is 8.16. The van der Waals surface area contributed by atoms with Crippen molar-refractivity contribution in [2.45, 2.75) is 27.2 Å². The minimum Gasteiger partial charge on any atom is -0.444 e. The van der Waals surface area contributed by atoms with Gasteiger partial charge in [0.15, 0.2) is 0 Å².